The maximum atomic E-state index is 12.3. The summed E-state index contributed by atoms with van der Waals surface area (Å²) in [5.74, 6) is 1.05. The Labute approximate surface area is 164 Å². The summed E-state index contributed by atoms with van der Waals surface area (Å²) in [6.07, 6.45) is 4.42. The number of hydrogen-bond acceptors (Lipinski definition) is 4. The van der Waals surface area contributed by atoms with Gasteiger partial charge in [-0.25, -0.2) is 4.79 Å². The van der Waals surface area contributed by atoms with E-state index in [0.29, 0.717) is 28.4 Å². The molecule has 0 aliphatic heterocycles. The fraction of sp³-hybridized carbons (Fsp3) is 0.333. The Balaban J connectivity index is 1.57. The topological polar surface area (TPSA) is 88.7 Å². The van der Waals surface area contributed by atoms with Gasteiger partial charge >= 0.3 is 6.03 Å². The lowest BCUT2D eigenvalue weighted by Crippen LogP contribution is -2.32. The van der Waals surface area contributed by atoms with E-state index in [0.717, 1.165) is 12.8 Å². The Morgan fingerprint density at radius 1 is 0.929 bits per heavy atom. The van der Waals surface area contributed by atoms with Gasteiger partial charge in [0.25, 0.3) is 5.91 Å². The quantitative estimate of drug-likeness (QED) is 0.703. The highest BCUT2D eigenvalue weighted by Crippen LogP contribution is 2.29. The second kappa shape index (κ2) is 9.12. The van der Waals surface area contributed by atoms with Crippen molar-refractivity contribution in [2.45, 2.75) is 31.7 Å². The van der Waals surface area contributed by atoms with E-state index in [1.165, 1.54) is 20.0 Å². The number of amides is 3. The molecule has 0 bridgehead atoms. The smallest absolute Gasteiger partial charge is 0.323 e. The normalized spacial score (nSPS) is 13.6. The lowest BCUT2D eigenvalue weighted by molar-refractivity contribution is 0.0938. The zero-order chi connectivity index (χ0) is 19.9. The molecule has 2 aromatic rings. The molecule has 3 amide bonds. The highest BCUT2D eigenvalue weighted by molar-refractivity contribution is 6.01. The number of nitrogens with one attached hydrogen (secondary N) is 3. The second-order valence-corrected chi connectivity index (χ2v) is 6.68. The van der Waals surface area contributed by atoms with Crippen LogP contribution in [0.1, 0.15) is 36.0 Å². The van der Waals surface area contributed by atoms with Crippen molar-refractivity contribution in [3.8, 4) is 11.5 Å². The van der Waals surface area contributed by atoms with Crippen LogP contribution >= 0.6 is 0 Å². The van der Waals surface area contributed by atoms with Crippen molar-refractivity contribution in [2.75, 3.05) is 24.9 Å². The maximum Gasteiger partial charge on any atom is 0.323 e. The second-order valence-electron chi connectivity index (χ2n) is 6.68. The molecule has 0 atom stereocenters. The van der Waals surface area contributed by atoms with E-state index in [9.17, 15) is 9.59 Å². The van der Waals surface area contributed by atoms with Crippen LogP contribution in [-0.2, 0) is 0 Å². The Morgan fingerprint density at radius 2 is 1.64 bits per heavy atom. The zero-order valence-electron chi connectivity index (χ0n) is 16.1. The van der Waals surface area contributed by atoms with Gasteiger partial charge in [0.2, 0.25) is 0 Å². The molecule has 0 saturated heterocycles. The van der Waals surface area contributed by atoms with Crippen LogP contribution in [-0.4, -0.2) is 32.2 Å². The lowest BCUT2D eigenvalue weighted by atomic mass is 10.1. The van der Waals surface area contributed by atoms with Crippen LogP contribution in [0.15, 0.2) is 42.5 Å². The van der Waals surface area contributed by atoms with E-state index < -0.39 is 6.03 Å². The molecule has 1 saturated carbocycles. The minimum atomic E-state index is -0.411. The number of rotatable bonds is 6. The van der Waals surface area contributed by atoms with Gasteiger partial charge in [-0.15, -0.1) is 0 Å². The molecular weight excluding hydrogens is 358 g/mol. The van der Waals surface area contributed by atoms with Crippen molar-refractivity contribution in [1.29, 1.82) is 0 Å². The minimum Gasteiger partial charge on any atom is -0.497 e. The monoisotopic (exact) mass is 383 g/mol. The van der Waals surface area contributed by atoms with Gasteiger partial charge in [-0.2, -0.15) is 0 Å². The summed E-state index contributed by atoms with van der Waals surface area (Å²) >= 11 is 0. The number of ether oxygens (including phenoxy) is 2. The van der Waals surface area contributed by atoms with Crippen LogP contribution in [0, 0.1) is 0 Å². The third kappa shape index (κ3) is 4.94. The SMILES string of the molecule is COc1ccc(NC(=O)Nc2ccc(C(=O)NC3CCCC3)cc2)c(OC)c1. The summed E-state index contributed by atoms with van der Waals surface area (Å²) in [6, 6.07) is 11.8. The summed E-state index contributed by atoms with van der Waals surface area (Å²) in [6.45, 7) is 0. The Bertz CT molecular complexity index is 830. The van der Waals surface area contributed by atoms with Crippen molar-refractivity contribution in [3.63, 3.8) is 0 Å². The summed E-state index contributed by atoms with van der Waals surface area (Å²) in [4.78, 5) is 24.5. The Kier molecular flexibility index (Phi) is 6.37. The zero-order valence-corrected chi connectivity index (χ0v) is 16.1. The minimum absolute atomic E-state index is 0.0779. The van der Waals surface area contributed by atoms with Crippen molar-refractivity contribution in [2.24, 2.45) is 0 Å². The van der Waals surface area contributed by atoms with E-state index >= 15 is 0 Å². The molecule has 7 heteroatoms. The van der Waals surface area contributed by atoms with Crippen molar-refractivity contribution < 1.29 is 19.1 Å². The number of benzene rings is 2. The highest BCUT2D eigenvalue weighted by Gasteiger charge is 2.18. The predicted molar refractivity (Wildman–Crippen MR) is 108 cm³/mol. The van der Waals surface area contributed by atoms with Crippen LogP contribution in [0.4, 0.5) is 16.2 Å². The number of carbonyl (C=O) groups is 2. The molecule has 3 N–H and O–H groups in total. The van der Waals surface area contributed by atoms with Crippen LogP contribution in [0.5, 0.6) is 11.5 Å². The van der Waals surface area contributed by atoms with Crippen LogP contribution < -0.4 is 25.4 Å². The first kappa shape index (κ1) is 19.5. The van der Waals surface area contributed by atoms with Crippen LogP contribution in [0.25, 0.3) is 0 Å². The summed E-state index contributed by atoms with van der Waals surface area (Å²) < 4.78 is 10.4. The first-order valence-corrected chi connectivity index (χ1v) is 9.30. The van der Waals surface area contributed by atoms with Crippen LogP contribution in [0.2, 0.25) is 0 Å². The lowest BCUT2D eigenvalue weighted by Gasteiger charge is -2.13. The molecule has 0 radical (unpaired) electrons. The van der Waals surface area contributed by atoms with E-state index in [-0.39, 0.29) is 11.9 Å². The molecule has 0 heterocycles. The fourth-order valence-electron chi connectivity index (χ4n) is 3.23. The van der Waals surface area contributed by atoms with Gasteiger partial charge in [0.05, 0.1) is 19.9 Å². The van der Waals surface area contributed by atoms with Crippen LogP contribution in [0.3, 0.4) is 0 Å². The number of carbonyl (C=O) groups excluding carboxylic acids is 2. The molecule has 1 aliphatic carbocycles. The fourth-order valence-corrected chi connectivity index (χ4v) is 3.23. The molecule has 0 spiro atoms. The molecule has 148 valence electrons. The van der Waals surface area contributed by atoms with E-state index in [2.05, 4.69) is 16.0 Å². The summed E-state index contributed by atoms with van der Waals surface area (Å²) in [7, 11) is 3.08. The largest absolute Gasteiger partial charge is 0.497 e. The predicted octanol–water partition coefficient (Wildman–Crippen LogP) is 4.02. The van der Waals surface area contributed by atoms with Crippen molar-refractivity contribution >= 4 is 23.3 Å². The first-order chi connectivity index (χ1) is 13.6. The van der Waals surface area contributed by atoms with Crippen molar-refractivity contribution in [3.05, 3.63) is 48.0 Å². The van der Waals surface area contributed by atoms with Gasteiger partial charge in [0.15, 0.2) is 0 Å². The van der Waals surface area contributed by atoms with Gasteiger partial charge in [0.1, 0.15) is 11.5 Å². The first-order valence-electron chi connectivity index (χ1n) is 9.30. The van der Waals surface area contributed by atoms with E-state index in [1.54, 1.807) is 49.6 Å². The Hall–Kier alpha value is -3.22. The van der Waals surface area contributed by atoms with E-state index in [4.69, 9.17) is 9.47 Å². The summed E-state index contributed by atoms with van der Waals surface area (Å²) in [5.41, 5.74) is 1.69. The number of methoxy groups -OCH3 is 2. The van der Waals surface area contributed by atoms with Gasteiger partial charge in [-0.05, 0) is 49.2 Å². The third-order valence-electron chi connectivity index (χ3n) is 4.75. The van der Waals surface area contributed by atoms with Gasteiger partial charge in [-0.3, -0.25) is 4.79 Å². The average Bonchev–Trinajstić information content (AvgIpc) is 3.21. The number of hydrogen-bond donors (Lipinski definition) is 3. The molecule has 28 heavy (non-hydrogen) atoms. The van der Waals surface area contributed by atoms with Crippen molar-refractivity contribution in [1.82, 2.24) is 5.32 Å². The number of urea groups is 1. The average molecular weight is 383 g/mol. The Morgan fingerprint density at radius 3 is 2.29 bits per heavy atom. The molecule has 7 nitrogen and oxygen atoms in total. The molecule has 3 rings (SSSR count). The molecular formula is C21H25N3O4. The molecule has 2 aromatic carbocycles. The van der Waals surface area contributed by atoms with Gasteiger partial charge in [0, 0.05) is 23.4 Å². The molecule has 0 unspecified atom stereocenters. The van der Waals surface area contributed by atoms with Gasteiger partial charge < -0.3 is 25.4 Å². The molecule has 0 aromatic heterocycles. The summed E-state index contributed by atoms with van der Waals surface area (Å²) in [5, 5.41) is 8.53. The standard InChI is InChI=1S/C21H25N3O4/c1-27-17-11-12-18(19(13-17)28-2)24-21(26)23-16-9-7-14(8-10-16)20(25)22-15-5-3-4-6-15/h7-13,15H,3-6H2,1-2H3,(H,22,25)(H2,23,24,26). The van der Waals surface area contributed by atoms with E-state index in [1.807, 2.05) is 0 Å². The molecule has 1 fully saturated rings. The molecule has 1 aliphatic rings. The van der Waals surface area contributed by atoms with Gasteiger partial charge in [-0.1, -0.05) is 12.8 Å². The highest BCUT2D eigenvalue weighted by atomic mass is 16.5. The maximum absolute atomic E-state index is 12.3. The number of anilines is 2. The third-order valence-corrected chi connectivity index (χ3v) is 4.75.